The fourth-order valence-electron chi connectivity index (χ4n) is 2.50. The van der Waals surface area contributed by atoms with Gasteiger partial charge in [-0.2, -0.15) is 10.5 Å². The molecule has 0 aliphatic carbocycles. The topological polar surface area (TPSA) is 229 Å². The molecule has 26 heavy (non-hydrogen) atoms. The summed E-state index contributed by atoms with van der Waals surface area (Å²) in [6.07, 6.45) is 0. The van der Waals surface area contributed by atoms with Crippen LogP contribution in [0.3, 0.4) is 0 Å². The van der Waals surface area contributed by atoms with Crippen LogP contribution in [0.2, 0.25) is 0 Å². The second-order valence-corrected chi connectivity index (χ2v) is 5.22. The molecule has 0 aliphatic rings. The zero-order valence-electron chi connectivity index (χ0n) is 12.9. The van der Waals surface area contributed by atoms with Crippen LogP contribution < -0.4 is 22.9 Å². The van der Waals surface area contributed by atoms with Gasteiger partial charge in [-0.3, -0.25) is 0 Å². The molecule has 3 heterocycles. The first kappa shape index (κ1) is 15.0. The second kappa shape index (κ2) is 4.96. The molecule has 4 rings (SSSR count). The van der Waals surface area contributed by atoms with Crippen LogP contribution in [0.15, 0.2) is 0 Å². The average Bonchev–Trinajstić information content (AvgIpc) is 2.63. The van der Waals surface area contributed by atoms with E-state index in [0.29, 0.717) is 0 Å². The summed E-state index contributed by atoms with van der Waals surface area (Å²) in [4.78, 5) is 25.1. The molecule has 124 valence electrons. The average molecular weight is 344 g/mol. The Labute approximate surface area is 144 Å². The van der Waals surface area contributed by atoms with Crippen molar-refractivity contribution in [2.45, 2.75) is 0 Å². The summed E-state index contributed by atoms with van der Waals surface area (Å²) >= 11 is 0. The third kappa shape index (κ3) is 1.87. The highest BCUT2D eigenvalue weighted by Crippen LogP contribution is 2.32. The van der Waals surface area contributed by atoms with Crippen molar-refractivity contribution in [1.29, 1.82) is 10.5 Å². The number of aromatic nitrogens is 6. The Morgan fingerprint density at radius 2 is 0.692 bits per heavy atom. The van der Waals surface area contributed by atoms with E-state index in [2.05, 4.69) is 29.9 Å². The Balaban J connectivity index is 2.40. The van der Waals surface area contributed by atoms with Crippen LogP contribution in [0.5, 0.6) is 0 Å². The lowest BCUT2D eigenvalue weighted by molar-refractivity contribution is 1.19. The number of benzene rings is 1. The van der Waals surface area contributed by atoms with E-state index in [0.717, 1.165) is 0 Å². The Morgan fingerprint density at radius 1 is 0.462 bits per heavy atom. The summed E-state index contributed by atoms with van der Waals surface area (Å²) in [6.45, 7) is 0. The number of hydrogen-bond donors (Lipinski definition) is 4. The number of fused-ring (bicyclic) bond motifs is 6. The molecule has 0 unspecified atom stereocenters. The van der Waals surface area contributed by atoms with Gasteiger partial charge in [-0.05, 0) is 0 Å². The molecule has 0 atom stereocenters. The molecule has 8 N–H and O–H groups in total. The molecule has 0 saturated carbocycles. The highest BCUT2D eigenvalue weighted by molar-refractivity contribution is 6.19. The number of rotatable bonds is 0. The fraction of sp³-hybridized carbons (Fsp3) is 0. The fourth-order valence-corrected chi connectivity index (χ4v) is 2.50. The molecule has 12 heteroatoms. The summed E-state index contributed by atoms with van der Waals surface area (Å²) in [6, 6.07) is 3.63. The maximum atomic E-state index is 9.22. The minimum atomic E-state index is -0.172. The van der Waals surface area contributed by atoms with Gasteiger partial charge < -0.3 is 22.9 Å². The largest absolute Gasteiger partial charge is 0.381 e. The zero-order valence-corrected chi connectivity index (χ0v) is 12.9. The Morgan fingerprint density at radius 3 is 0.923 bits per heavy atom. The smallest absolute Gasteiger partial charge is 0.177 e. The van der Waals surface area contributed by atoms with Gasteiger partial charge in [0.15, 0.2) is 34.7 Å². The molecular weight excluding hydrogens is 336 g/mol. The molecule has 0 fully saturated rings. The molecular formula is C14H8N12. The monoisotopic (exact) mass is 344 g/mol. The van der Waals surface area contributed by atoms with Gasteiger partial charge in [0.2, 0.25) is 0 Å². The van der Waals surface area contributed by atoms with E-state index >= 15 is 0 Å². The van der Waals surface area contributed by atoms with E-state index in [1.54, 1.807) is 0 Å². The lowest BCUT2D eigenvalue weighted by Gasteiger charge is -2.10. The van der Waals surface area contributed by atoms with E-state index < -0.39 is 0 Å². The van der Waals surface area contributed by atoms with Crippen molar-refractivity contribution in [3.05, 3.63) is 11.4 Å². The molecule has 0 aliphatic heterocycles. The zero-order chi connectivity index (χ0) is 18.6. The van der Waals surface area contributed by atoms with Crippen LogP contribution in [0, 0.1) is 22.7 Å². The Hall–Kier alpha value is -4.58. The Bertz CT molecular complexity index is 1240. The van der Waals surface area contributed by atoms with Crippen LogP contribution >= 0.6 is 0 Å². The molecule has 0 amide bonds. The first-order valence-corrected chi connectivity index (χ1v) is 7.04. The first-order valence-electron chi connectivity index (χ1n) is 7.04. The number of nitrogens with two attached hydrogens (primary N) is 4. The van der Waals surface area contributed by atoms with Crippen LogP contribution in [-0.4, -0.2) is 29.9 Å². The lowest BCUT2D eigenvalue weighted by Crippen LogP contribution is -2.07. The van der Waals surface area contributed by atoms with Crippen molar-refractivity contribution in [2.75, 3.05) is 22.9 Å². The van der Waals surface area contributed by atoms with Crippen molar-refractivity contribution in [3.63, 3.8) is 0 Å². The van der Waals surface area contributed by atoms with Gasteiger partial charge in [0, 0.05) is 0 Å². The second-order valence-electron chi connectivity index (χ2n) is 5.22. The number of nitrogens with zero attached hydrogens (tertiary/aromatic N) is 8. The maximum Gasteiger partial charge on any atom is 0.177 e. The quantitative estimate of drug-likeness (QED) is 0.298. The normalized spacial score (nSPS) is 10.8. The van der Waals surface area contributed by atoms with Crippen molar-refractivity contribution >= 4 is 56.4 Å². The molecule has 0 bridgehead atoms. The number of hydrogen-bond acceptors (Lipinski definition) is 12. The third-order valence-electron chi connectivity index (χ3n) is 3.68. The molecule has 0 saturated heterocycles. The minimum absolute atomic E-state index is 0.0162. The number of nitriles is 2. The standard InChI is InChI=1S/C14H8N12/c15-1-3-4(2-16)22-6-5(21-3)7-9(25-13(19)11(17)23-7)10-8(6)24-12(18)14(20)26-10/h(H2,17,23)(H2,18,24)(H2,19,25)(H2,20,26). The van der Waals surface area contributed by atoms with Crippen molar-refractivity contribution < 1.29 is 0 Å². The molecule has 12 nitrogen and oxygen atoms in total. The van der Waals surface area contributed by atoms with Crippen LogP contribution in [0.1, 0.15) is 11.4 Å². The summed E-state index contributed by atoms with van der Waals surface area (Å²) < 4.78 is 0. The highest BCUT2D eigenvalue weighted by Gasteiger charge is 2.21. The predicted molar refractivity (Wildman–Crippen MR) is 92.8 cm³/mol. The van der Waals surface area contributed by atoms with E-state index in [1.807, 2.05) is 12.1 Å². The predicted octanol–water partition coefficient (Wildman–Crippen LogP) is -0.412. The van der Waals surface area contributed by atoms with E-state index in [9.17, 15) is 10.5 Å². The van der Waals surface area contributed by atoms with Crippen LogP contribution in [-0.2, 0) is 0 Å². The maximum absolute atomic E-state index is 9.22. The molecule has 3 aromatic heterocycles. The molecule has 1 aromatic carbocycles. The minimum Gasteiger partial charge on any atom is -0.381 e. The van der Waals surface area contributed by atoms with Crippen LogP contribution in [0.4, 0.5) is 23.3 Å². The summed E-state index contributed by atoms with van der Waals surface area (Å²) in [7, 11) is 0. The van der Waals surface area contributed by atoms with Gasteiger partial charge >= 0.3 is 0 Å². The first-order chi connectivity index (χ1) is 12.4. The van der Waals surface area contributed by atoms with Crippen molar-refractivity contribution in [3.8, 4) is 12.1 Å². The summed E-state index contributed by atoms with van der Waals surface area (Å²) in [5.41, 5.74) is 23.9. The molecule has 0 spiro atoms. The van der Waals surface area contributed by atoms with Gasteiger partial charge in [0.05, 0.1) is 0 Å². The van der Waals surface area contributed by atoms with Gasteiger partial charge in [-0.25, -0.2) is 29.9 Å². The van der Waals surface area contributed by atoms with Gasteiger partial charge in [0.25, 0.3) is 0 Å². The number of nitrogen functional groups attached to an aromatic ring is 4. The van der Waals surface area contributed by atoms with E-state index in [1.165, 1.54) is 0 Å². The van der Waals surface area contributed by atoms with E-state index in [-0.39, 0.29) is 67.8 Å². The third-order valence-corrected chi connectivity index (χ3v) is 3.68. The van der Waals surface area contributed by atoms with Gasteiger partial charge in [-0.1, -0.05) is 0 Å². The highest BCUT2D eigenvalue weighted by atomic mass is 15.0. The van der Waals surface area contributed by atoms with E-state index in [4.69, 9.17) is 22.9 Å². The van der Waals surface area contributed by atoms with Crippen molar-refractivity contribution in [1.82, 2.24) is 29.9 Å². The lowest BCUT2D eigenvalue weighted by atomic mass is 10.1. The Kier molecular flexibility index (Phi) is 2.85. The van der Waals surface area contributed by atoms with Crippen molar-refractivity contribution in [2.24, 2.45) is 0 Å². The number of anilines is 4. The van der Waals surface area contributed by atoms with Gasteiger partial charge in [-0.15, -0.1) is 0 Å². The summed E-state index contributed by atoms with van der Waals surface area (Å²) in [5, 5.41) is 18.4. The SMILES string of the molecule is N#Cc1nc2c3nc(N)c(N)nc3c3nc(N)c(N)nc3c2nc1C#N. The van der Waals surface area contributed by atoms with Crippen LogP contribution in [0.25, 0.3) is 33.1 Å². The van der Waals surface area contributed by atoms with Gasteiger partial charge in [0.1, 0.15) is 45.2 Å². The summed E-state index contributed by atoms with van der Waals surface area (Å²) in [5.74, 6) is -0.0895. The molecule has 0 radical (unpaired) electrons. The molecule has 4 aromatic rings.